The number of hydrogen-bond acceptors (Lipinski definition) is 5. The molecule has 0 amide bonds. The number of anilines is 1. The Kier molecular flexibility index (Phi) is 1.56. The molecular formula is C6H8N2O2S. The number of thioether (sulfide) groups is 1. The van der Waals surface area contributed by atoms with Gasteiger partial charge >= 0.3 is 0 Å². The second-order valence-corrected chi connectivity index (χ2v) is 3.27. The molecule has 4 nitrogen and oxygen atoms in total. The van der Waals surface area contributed by atoms with E-state index >= 15 is 0 Å². The molecule has 0 radical (unpaired) electrons. The summed E-state index contributed by atoms with van der Waals surface area (Å²) in [6.45, 7) is 0. The lowest BCUT2D eigenvalue weighted by Gasteiger charge is -2.17. The zero-order valence-corrected chi connectivity index (χ0v) is 6.80. The van der Waals surface area contributed by atoms with Gasteiger partial charge in [0.05, 0.1) is 18.3 Å². The molecule has 5 heteroatoms. The fourth-order valence-electron chi connectivity index (χ4n) is 1.02. The maximum atomic E-state index is 5.69. The van der Waals surface area contributed by atoms with Gasteiger partial charge in [-0.2, -0.15) is 5.06 Å². The van der Waals surface area contributed by atoms with Gasteiger partial charge in [-0.05, 0) is 6.07 Å². The fourth-order valence-corrected chi connectivity index (χ4v) is 1.93. The van der Waals surface area contributed by atoms with Crippen molar-refractivity contribution in [2.75, 3.05) is 12.2 Å². The Bertz CT molecular complexity index is 263. The van der Waals surface area contributed by atoms with Crippen LogP contribution < -0.4 is 10.8 Å². The predicted octanol–water partition coefficient (Wildman–Crippen LogP) is 0.995. The van der Waals surface area contributed by atoms with E-state index in [0.29, 0.717) is 5.88 Å². The maximum Gasteiger partial charge on any atom is 0.235 e. The van der Waals surface area contributed by atoms with Gasteiger partial charge in [-0.3, -0.25) is 4.84 Å². The molecule has 2 N–H and O–H groups in total. The van der Waals surface area contributed by atoms with Gasteiger partial charge in [-0.1, -0.05) is 11.8 Å². The summed E-state index contributed by atoms with van der Waals surface area (Å²) in [5.41, 5.74) is 5.50. The number of furan rings is 1. The highest BCUT2D eigenvalue weighted by Crippen LogP contribution is 2.41. The van der Waals surface area contributed by atoms with E-state index in [0.717, 1.165) is 4.90 Å². The molecule has 60 valence electrons. The first-order chi connectivity index (χ1) is 5.33. The Balaban J connectivity index is 2.35. The van der Waals surface area contributed by atoms with Crippen molar-refractivity contribution in [2.45, 2.75) is 10.4 Å². The third-order valence-electron chi connectivity index (χ3n) is 1.49. The fraction of sp³-hybridized carbons (Fsp3) is 0.333. The number of fused-ring (bicyclic) bond motifs is 1. The molecule has 2 heterocycles. The van der Waals surface area contributed by atoms with Crippen molar-refractivity contribution in [3.8, 4) is 0 Å². The molecule has 1 aromatic heterocycles. The van der Waals surface area contributed by atoms with E-state index in [1.165, 1.54) is 11.8 Å². The molecule has 0 aromatic carbocycles. The molecule has 0 bridgehead atoms. The van der Waals surface area contributed by atoms with Crippen molar-refractivity contribution in [2.24, 2.45) is 5.73 Å². The van der Waals surface area contributed by atoms with Gasteiger partial charge in [-0.25, -0.2) is 0 Å². The first-order valence-corrected chi connectivity index (χ1v) is 4.04. The Hall–Kier alpha value is -0.650. The van der Waals surface area contributed by atoms with Crippen LogP contribution in [0.5, 0.6) is 0 Å². The molecule has 1 aliphatic heterocycles. The Morgan fingerprint density at radius 2 is 2.64 bits per heavy atom. The van der Waals surface area contributed by atoms with Crippen molar-refractivity contribution in [3.05, 3.63) is 12.3 Å². The molecule has 1 atom stereocenters. The first-order valence-electron chi connectivity index (χ1n) is 3.16. The van der Waals surface area contributed by atoms with Crippen LogP contribution in [0.2, 0.25) is 0 Å². The van der Waals surface area contributed by atoms with E-state index in [9.17, 15) is 0 Å². The normalized spacial score (nSPS) is 22.4. The zero-order valence-electron chi connectivity index (χ0n) is 5.98. The Morgan fingerprint density at radius 3 is 3.36 bits per heavy atom. The van der Waals surface area contributed by atoms with E-state index in [4.69, 9.17) is 15.0 Å². The van der Waals surface area contributed by atoms with Crippen LogP contribution in [0.3, 0.4) is 0 Å². The minimum atomic E-state index is -0.185. The average molecular weight is 172 g/mol. The molecule has 1 aromatic rings. The smallest absolute Gasteiger partial charge is 0.235 e. The minimum absolute atomic E-state index is 0.185. The van der Waals surface area contributed by atoms with Crippen LogP contribution in [-0.2, 0) is 4.84 Å². The molecule has 1 unspecified atom stereocenters. The van der Waals surface area contributed by atoms with Gasteiger partial charge in [0, 0.05) is 0 Å². The lowest BCUT2D eigenvalue weighted by atomic mass is 10.6. The van der Waals surface area contributed by atoms with Gasteiger partial charge in [0.15, 0.2) is 5.50 Å². The third kappa shape index (κ3) is 0.926. The summed E-state index contributed by atoms with van der Waals surface area (Å²) in [5, 5.41) is 1.54. The van der Waals surface area contributed by atoms with Crippen molar-refractivity contribution >= 4 is 17.6 Å². The molecule has 0 saturated heterocycles. The summed E-state index contributed by atoms with van der Waals surface area (Å²) < 4.78 is 5.15. The molecule has 0 saturated carbocycles. The Morgan fingerprint density at radius 1 is 1.82 bits per heavy atom. The van der Waals surface area contributed by atoms with Crippen molar-refractivity contribution < 1.29 is 9.25 Å². The van der Waals surface area contributed by atoms with Crippen LogP contribution >= 0.6 is 11.8 Å². The molecule has 1 aliphatic rings. The Labute approximate surface area is 68.2 Å². The molecule has 11 heavy (non-hydrogen) atoms. The van der Waals surface area contributed by atoms with E-state index in [1.807, 2.05) is 6.07 Å². The number of hydroxylamine groups is 1. The highest BCUT2D eigenvalue weighted by molar-refractivity contribution is 8.00. The number of nitrogens with two attached hydrogens (primary N) is 1. The average Bonchev–Trinajstić information content (AvgIpc) is 2.46. The molecule has 2 rings (SSSR count). The summed E-state index contributed by atoms with van der Waals surface area (Å²) in [6, 6.07) is 1.87. The zero-order chi connectivity index (χ0) is 7.84. The van der Waals surface area contributed by atoms with E-state index in [1.54, 1.807) is 18.4 Å². The summed E-state index contributed by atoms with van der Waals surface area (Å²) in [6.07, 6.45) is 1.62. The second kappa shape index (κ2) is 2.44. The maximum absolute atomic E-state index is 5.69. The van der Waals surface area contributed by atoms with Crippen LogP contribution in [-0.4, -0.2) is 12.6 Å². The standard InChI is InChI=1S/C6H8N2O2S/c1-9-8-5-4(2-3-10-5)11-6(8)7/h2-3,6H,7H2,1H3. The summed E-state index contributed by atoms with van der Waals surface area (Å²) >= 11 is 1.52. The molecule has 0 aliphatic carbocycles. The summed E-state index contributed by atoms with van der Waals surface area (Å²) in [5.74, 6) is 0.699. The largest absolute Gasteiger partial charge is 0.446 e. The monoisotopic (exact) mass is 172 g/mol. The quantitative estimate of drug-likeness (QED) is 0.684. The van der Waals surface area contributed by atoms with E-state index < -0.39 is 0 Å². The third-order valence-corrected chi connectivity index (χ3v) is 2.48. The van der Waals surface area contributed by atoms with Crippen LogP contribution in [0.1, 0.15) is 0 Å². The molecular weight excluding hydrogens is 164 g/mol. The number of rotatable bonds is 1. The van der Waals surface area contributed by atoms with Gasteiger partial charge in [0.25, 0.3) is 0 Å². The molecule has 0 fully saturated rings. The van der Waals surface area contributed by atoms with Crippen LogP contribution in [0.4, 0.5) is 5.88 Å². The second-order valence-electron chi connectivity index (χ2n) is 2.11. The summed E-state index contributed by atoms with van der Waals surface area (Å²) in [7, 11) is 1.57. The SMILES string of the molecule is CON1c2occc2SC1N. The van der Waals surface area contributed by atoms with Gasteiger partial charge in [0.1, 0.15) is 0 Å². The highest BCUT2D eigenvalue weighted by atomic mass is 32.2. The van der Waals surface area contributed by atoms with Crippen molar-refractivity contribution in [3.63, 3.8) is 0 Å². The van der Waals surface area contributed by atoms with Crippen molar-refractivity contribution in [1.82, 2.24) is 0 Å². The van der Waals surface area contributed by atoms with Crippen molar-refractivity contribution in [1.29, 1.82) is 0 Å². The highest BCUT2D eigenvalue weighted by Gasteiger charge is 2.30. The first kappa shape index (κ1) is 7.02. The van der Waals surface area contributed by atoms with Gasteiger partial charge < -0.3 is 10.2 Å². The minimum Gasteiger partial charge on any atom is -0.446 e. The van der Waals surface area contributed by atoms with Crippen LogP contribution in [0, 0.1) is 0 Å². The lowest BCUT2D eigenvalue weighted by molar-refractivity contribution is 0.149. The molecule has 0 spiro atoms. The number of hydrogen-bond donors (Lipinski definition) is 1. The van der Waals surface area contributed by atoms with Crippen LogP contribution in [0.15, 0.2) is 21.6 Å². The summed E-state index contributed by atoms with van der Waals surface area (Å²) in [4.78, 5) is 6.03. The lowest BCUT2D eigenvalue weighted by Crippen LogP contribution is -2.35. The predicted molar refractivity (Wildman–Crippen MR) is 42.0 cm³/mol. The van der Waals surface area contributed by atoms with Gasteiger partial charge in [-0.15, -0.1) is 0 Å². The van der Waals surface area contributed by atoms with E-state index in [-0.39, 0.29) is 5.50 Å². The topological polar surface area (TPSA) is 51.6 Å². The van der Waals surface area contributed by atoms with E-state index in [2.05, 4.69) is 0 Å². The van der Waals surface area contributed by atoms with Crippen LogP contribution in [0.25, 0.3) is 0 Å². The number of nitrogens with zero attached hydrogens (tertiary/aromatic N) is 1. The van der Waals surface area contributed by atoms with Gasteiger partial charge in [0.2, 0.25) is 5.88 Å².